The van der Waals surface area contributed by atoms with Gasteiger partial charge in [-0.15, -0.1) is 0 Å². The average molecular weight is 232 g/mol. The number of benzene rings is 1. The summed E-state index contributed by atoms with van der Waals surface area (Å²) < 4.78 is 0. The summed E-state index contributed by atoms with van der Waals surface area (Å²) in [5.41, 5.74) is 11.6. The monoisotopic (exact) mass is 232 g/mol. The first-order valence-electron chi connectivity index (χ1n) is 6.24. The van der Waals surface area contributed by atoms with Gasteiger partial charge in [-0.25, -0.2) is 0 Å². The van der Waals surface area contributed by atoms with E-state index in [-0.39, 0.29) is 11.8 Å². The number of anilines is 1. The van der Waals surface area contributed by atoms with Crippen molar-refractivity contribution in [2.45, 2.75) is 39.5 Å². The van der Waals surface area contributed by atoms with Crippen LogP contribution in [0, 0.1) is 13.8 Å². The van der Waals surface area contributed by atoms with E-state index >= 15 is 0 Å². The average Bonchev–Trinajstić information content (AvgIpc) is 2.60. The van der Waals surface area contributed by atoms with Gasteiger partial charge in [-0.2, -0.15) is 0 Å². The third-order valence-corrected chi connectivity index (χ3v) is 3.75. The van der Waals surface area contributed by atoms with Crippen LogP contribution in [0.15, 0.2) is 6.07 Å². The largest absolute Gasteiger partial charge is 0.330 e. The third-order valence-electron chi connectivity index (χ3n) is 3.75. The van der Waals surface area contributed by atoms with Crippen LogP contribution in [0.3, 0.4) is 0 Å². The fourth-order valence-electron chi connectivity index (χ4n) is 2.65. The van der Waals surface area contributed by atoms with Crippen LogP contribution in [0.1, 0.15) is 41.5 Å². The highest BCUT2D eigenvalue weighted by atomic mass is 16.2. The predicted octanol–water partition coefficient (Wildman–Crippen LogP) is 2.25. The highest BCUT2D eigenvalue weighted by Gasteiger charge is 2.31. The molecule has 0 spiro atoms. The minimum absolute atomic E-state index is 0.0147. The number of nitrogens with two attached hydrogens (primary N) is 1. The molecule has 3 N–H and O–H groups in total. The van der Waals surface area contributed by atoms with Crippen molar-refractivity contribution in [2.24, 2.45) is 5.73 Å². The summed E-state index contributed by atoms with van der Waals surface area (Å²) in [6.45, 7) is 6.87. The summed E-state index contributed by atoms with van der Waals surface area (Å²) in [4.78, 5) is 11.9. The van der Waals surface area contributed by atoms with Crippen molar-refractivity contribution in [3.05, 3.63) is 28.3 Å². The second kappa shape index (κ2) is 4.49. The Morgan fingerprint density at radius 2 is 2.12 bits per heavy atom. The van der Waals surface area contributed by atoms with Crippen LogP contribution in [0.2, 0.25) is 0 Å². The minimum atomic E-state index is 0.0147. The Morgan fingerprint density at radius 1 is 1.41 bits per heavy atom. The van der Waals surface area contributed by atoms with E-state index in [1.54, 1.807) is 0 Å². The van der Waals surface area contributed by atoms with Crippen molar-refractivity contribution >= 4 is 11.6 Å². The number of hydrogen-bond donors (Lipinski definition) is 2. The first kappa shape index (κ1) is 12.1. The molecule has 1 aliphatic rings. The Kier molecular flexibility index (Phi) is 3.20. The van der Waals surface area contributed by atoms with E-state index in [1.165, 1.54) is 16.7 Å². The molecule has 3 heteroatoms. The number of rotatable bonds is 3. The van der Waals surface area contributed by atoms with E-state index in [1.807, 2.05) is 0 Å². The number of nitrogens with one attached hydrogen (secondary N) is 1. The normalized spacial score (nSPS) is 18.1. The second-order valence-electron chi connectivity index (χ2n) is 4.75. The van der Waals surface area contributed by atoms with Crippen LogP contribution in [0.4, 0.5) is 5.69 Å². The van der Waals surface area contributed by atoms with Gasteiger partial charge in [0.15, 0.2) is 0 Å². The molecule has 0 aromatic heterocycles. The number of carbonyl (C=O) groups excluding carboxylic acids is 1. The Morgan fingerprint density at radius 3 is 2.71 bits per heavy atom. The third kappa shape index (κ3) is 1.84. The number of amides is 1. The highest BCUT2D eigenvalue weighted by molar-refractivity contribution is 6.04. The molecule has 0 bridgehead atoms. The fourth-order valence-corrected chi connectivity index (χ4v) is 2.65. The molecule has 0 aliphatic carbocycles. The molecule has 1 aromatic rings. The van der Waals surface area contributed by atoms with Crippen LogP contribution in [-0.2, 0) is 11.2 Å². The Labute approximate surface area is 102 Å². The molecule has 1 unspecified atom stereocenters. The summed E-state index contributed by atoms with van der Waals surface area (Å²) in [5, 5.41) is 3.03. The molecule has 0 radical (unpaired) electrons. The molecular formula is C14H20N2O. The molecule has 92 valence electrons. The molecular weight excluding hydrogens is 212 g/mol. The predicted molar refractivity (Wildman–Crippen MR) is 70.3 cm³/mol. The van der Waals surface area contributed by atoms with E-state index in [2.05, 4.69) is 32.2 Å². The van der Waals surface area contributed by atoms with Gasteiger partial charge in [0.1, 0.15) is 0 Å². The van der Waals surface area contributed by atoms with Gasteiger partial charge < -0.3 is 11.1 Å². The molecule has 1 heterocycles. The lowest BCUT2D eigenvalue weighted by Gasteiger charge is -2.14. The quantitative estimate of drug-likeness (QED) is 0.839. The smallest absolute Gasteiger partial charge is 0.232 e. The van der Waals surface area contributed by atoms with E-state index in [4.69, 9.17) is 5.73 Å². The molecule has 1 aliphatic heterocycles. The van der Waals surface area contributed by atoms with Crippen LogP contribution in [0.5, 0.6) is 0 Å². The van der Waals surface area contributed by atoms with Gasteiger partial charge >= 0.3 is 0 Å². The van der Waals surface area contributed by atoms with Crippen molar-refractivity contribution in [2.75, 3.05) is 11.9 Å². The van der Waals surface area contributed by atoms with Gasteiger partial charge in [-0.1, -0.05) is 13.0 Å². The van der Waals surface area contributed by atoms with Crippen molar-refractivity contribution in [3.8, 4) is 0 Å². The van der Waals surface area contributed by atoms with Gasteiger partial charge in [0.2, 0.25) is 5.91 Å². The molecule has 3 nitrogen and oxygen atoms in total. The number of carbonyl (C=O) groups is 1. The highest BCUT2D eigenvalue weighted by Crippen LogP contribution is 2.39. The summed E-state index contributed by atoms with van der Waals surface area (Å²) in [7, 11) is 0. The van der Waals surface area contributed by atoms with Crippen molar-refractivity contribution in [1.82, 2.24) is 0 Å². The minimum Gasteiger partial charge on any atom is -0.330 e. The Hall–Kier alpha value is -1.35. The molecule has 1 amide bonds. The summed E-state index contributed by atoms with van der Waals surface area (Å²) in [5.74, 6) is 0.145. The SMILES string of the molecule is CCC1C(=O)Nc2c1cc(C)c(C)c2CCN. The first-order chi connectivity index (χ1) is 8.10. The van der Waals surface area contributed by atoms with Gasteiger partial charge in [0.25, 0.3) is 0 Å². The molecule has 1 atom stereocenters. The molecule has 2 rings (SSSR count). The van der Waals surface area contributed by atoms with E-state index in [9.17, 15) is 4.79 Å². The van der Waals surface area contributed by atoms with Gasteiger partial charge in [-0.05, 0) is 55.5 Å². The van der Waals surface area contributed by atoms with Crippen molar-refractivity contribution in [3.63, 3.8) is 0 Å². The van der Waals surface area contributed by atoms with Crippen LogP contribution in [-0.4, -0.2) is 12.5 Å². The maximum Gasteiger partial charge on any atom is 0.232 e. The fraction of sp³-hybridized carbons (Fsp3) is 0.500. The lowest BCUT2D eigenvalue weighted by Crippen LogP contribution is -2.11. The number of hydrogen-bond acceptors (Lipinski definition) is 2. The lowest BCUT2D eigenvalue weighted by atomic mass is 9.90. The lowest BCUT2D eigenvalue weighted by molar-refractivity contribution is -0.117. The van der Waals surface area contributed by atoms with Gasteiger partial charge in [-0.3, -0.25) is 4.79 Å². The number of aryl methyl sites for hydroxylation is 1. The van der Waals surface area contributed by atoms with Crippen LogP contribution >= 0.6 is 0 Å². The van der Waals surface area contributed by atoms with E-state index < -0.39 is 0 Å². The van der Waals surface area contributed by atoms with E-state index in [0.29, 0.717) is 6.54 Å². The molecule has 17 heavy (non-hydrogen) atoms. The summed E-state index contributed by atoms with van der Waals surface area (Å²) in [6.07, 6.45) is 1.68. The molecule has 1 aromatic carbocycles. The second-order valence-corrected chi connectivity index (χ2v) is 4.75. The van der Waals surface area contributed by atoms with Crippen LogP contribution in [0.25, 0.3) is 0 Å². The Bertz CT molecular complexity index is 466. The topological polar surface area (TPSA) is 55.1 Å². The molecule has 0 saturated carbocycles. The number of fused-ring (bicyclic) bond motifs is 1. The van der Waals surface area contributed by atoms with Crippen LogP contribution < -0.4 is 11.1 Å². The first-order valence-corrected chi connectivity index (χ1v) is 6.24. The zero-order valence-corrected chi connectivity index (χ0v) is 10.8. The van der Waals surface area contributed by atoms with Gasteiger partial charge in [0, 0.05) is 5.69 Å². The van der Waals surface area contributed by atoms with E-state index in [0.717, 1.165) is 24.1 Å². The zero-order chi connectivity index (χ0) is 12.6. The maximum atomic E-state index is 11.9. The van der Waals surface area contributed by atoms with Crippen molar-refractivity contribution < 1.29 is 4.79 Å². The molecule has 0 fully saturated rings. The molecule has 0 saturated heterocycles. The maximum absolute atomic E-state index is 11.9. The summed E-state index contributed by atoms with van der Waals surface area (Å²) >= 11 is 0. The van der Waals surface area contributed by atoms with Crippen molar-refractivity contribution in [1.29, 1.82) is 0 Å². The summed E-state index contributed by atoms with van der Waals surface area (Å²) in [6, 6.07) is 2.15. The van der Waals surface area contributed by atoms with Gasteiger partial charge in [0.05, 0.1) is 5.92 Å². The standard InChI is InChI=1S/C14H20N2O/c1-4-10-12-7-8(2)9(3)11(5-6-15)13(12)16-14(10)17/h7,10H,4-6,15H2,1-3H3,(H,16,17). The zero-order valence-electron chi connectivity index (χ0n) is 10.8. The Balaban J connectivity index is 2.59.